The second kappa shape index (κ2) is 8.91. The van der Waals surface area contributed by atoms with Gasteiger partial charge in [0.2, 0.25) is 5.91 Å². The predicted octanol–water partition coefficient (Wildman–Crippen LogP) is 2.37. The van der Waals surface area contributed by atoms with E-state index in [4.69, 9.17) is 0 Å². The second-order valence-corrected chi connectivity index (χ2v) is 6.70. The Balaban J connectivity index is 1.83. The summed E-state index contributed by atoms with van der Waals surface area (Å²) in [7, 11) is 2.02. The van der Waals surface area contributed by atoms with E-state index in [0.29, 0.717) is 13.1 Å². The molecule has 6 heteroatoms. The van der Waals surface area contributed by atoms with Gasteiger partial charge in [-0.3, -0.25) is 9.79 Å². The molecule has 0 aromatic heterocycles. The first-order valence-electron chi connectivity index (χ1n) is 8.11. The highest BCUT2D eigenvalue weighted by Crippen LogP contribution is 2.28. The Kier molecular flexibility index (Phi) is 6.89. The molecule has 0 unspecified atom stereocenters. The fourth-order valence-electron chi connectivity index (χ4n) is 2.24. The monoisotopic (exact) mass is 380 g/mol. The Morgan fingerprint density at radius 2 is 2.00 bits per heavy atom. The fourth-order valence-corrected chi connectivity index (χ4v) is 2.50. The lowest BCUT2D eigenvalue weighted by molar-refractivity contribution is -0.122. The largest absolute Gasteiger partial charge is 0.357 e. The van der Waals surface area contributed by atoms with Gasteiger partial charge in [-0.2, -0.15) is 0 Å². The van der Waals surface area contributed by atoms with E-state index in [-0.39, 0.29) is 11.8 Å². The van der Waals surface area contributed by atoms with Crippen LogP contribution in [0.25, 0.3) is 0 Å². The Bertz CT molecular complexity index is 540. The quantitative estimate of drug-likeness (QED) is 0.433. The number of amides is 1. The van der Waals surface area contributed by atoms with E-state index < -0.39 is 0 Å². The van der Waals surface area contributed by atoms with Crippen LogP contribution in [0.1, 0.15) is 25.3 Å². The summed E-state index contributed by atoms with van der Waals surface area (Å²) in [5.74, 6) is 1.29. The lowest BCUT2D eigenvalue weighted by atomic mass is 10.2. The van der Waals surface area contributed by atoms with Crippen LogP contribution in [-0.4, -0.2) is 43.4 Å². The molecule has 0 saturated heterocycles. The highest BCUT2D eigenvalue weighted by molar-refractivity contribution is 9.10. The zero-order chi connectivity index (χ0) is 16.7. The molecule has 0 atom stereocenters. The zero-order valence-electron chi connectivity index (χ0n) is 13.8. The van der Waals surface area contributed by atoms with E-state index in [2.05, 4.69) is 55.5 Å². The molecule has 1 aromatic rings. The molecule has 1 aromatic carbocycles. The predicted molar refractivity (Wildman–Crippen MR) is 97.3 cm³/mol. The summed E-state index contributed by atoms with van der Waals surface area (Å²) in [6, 6.07) is 8.28. The molecule has 1 amide bonds. The van der Waals surface area contributed by atoms with E-state index in [1.54, 1.807) is 0 Å². The molecule has 1 fully saturated rings. The molecule has 1 saturated carbocycles. The minimum atomic E-state index is 0.174. The minimum Gasteiger partial charge on any atom is -0.357 e. The van der Waals surface area contributed by atoms with Gasteiger partial charge in [0.05, 0.1) is 6.54 Å². The average Bonchev–Trinajstić information content (AvgIpc) is 3.37. The number of aliphatic imine (C=N–C) groups is 1. The van der Waals surface area contributed by atoms with Gasteiger partial charge >= 0.3 is 0 Å². The molecule has 23 heavy (non-hydrogen) atoms. The third kappa shape index (κ3) is 6.22. The van der Waals surface area contributed by atoms with Crippen LogP contribution in [0.5, 0.6) is 0 Å². The summed E-state index contributed by atoms with van der Waals surface area (Å²) >= 11 is 3.45. The van der Waals surface area contributed by atoms with Crippen molar-refractivity contribution in [2.45, 2.75) is 26.3 Å². The van der Waals surface area contributed by atoms with Crippen LogP contribution < -0.4 is 10.6 Å². The lowest BCUT2D eigenvalue weighted by Crippen LogP contribution is -2.39. The summed E-state index contributed by atoms with van der Waals surface area (Å²) < 4.78 is 1.08. The third-order valence-electron chi connectivity index (χ3n) is 3.65. The lowest BCUT2D eigenvalue weighted by Gasteiger charge is -2.22. The van der Waals surface area contributed by atoms with Crippen LogP contribution in [0.2, 0.25) is 0 Å². The van der Waals surface area contributed by atoms with Gasteiger partial charge in [-0.25, -0.2) is 0 Å². The van der Waals surface area contributed by atoms with E-state index >= 15 is 0 Å². The molecule has 0 aliphatic heterocycles. The van der Waals surface area contributed by atoms with Crippen molar-refractivity contribution in [3.63, 3.8) is 0 Å². The molecule has 2 rings (SSSR count). The number of halogens is 1. The van der Waals surface area contributed by atoms with Crippen molar-refractivity contribution in [3.8, 4) is 0 Å². The molecule has 0 bridgehead atoms. The van der Waals surface area contributed by atoms with E-state index in [1.807, 2.05) is 19.2 Å². The first-order chi connectivity index (χ1) is 11.1. The smallest absolute Gasteiger partial charge is 0.223 e. The highest BCUT2D eigenvalue weighted by Gasteiger charge is 2.28. The maximum atomic E-state index is 11.6. The van der Waals surface area contributed by atoms with Gasteiger partial charge < -0.3 is 15.5 Å². The fraction of sp³-hybridized carbons (Fsp3) is 0.529. The number of hydrogen-bond donors (Lipinski definition) is 2. The van der Waals surface area contributed by atoms with Crippen LogP contribution >= 0.6 is 15.9 Å². The van der Waals surface area contributed by atoms with E-state index in [1.165, 1.54) is 5.56 Å². The Labute approximate surface area is 146 Å². The number of guanidine groups is 1. The first-order valence-corrected chi connectivity index (χ1v) is 8.91. The first kappa shape index (κ1) is 17.8. The van der Waals surface area contributed by atoms with Crippen molar-refractivity contribution in [1.82, 2.24) is 15.5 Å². The topological polar surface area (TPSA) is 56.7 Å². The maximum Gasteiger partial charge on any atom is 0.223 e. The Hall–Kier alpha value is -1.56. The summed E-state index contributed by atoms with van der Waals surface area (Å²) in [4.78, 5) is 18.3. The van der Waals surface area contributed by atoms with Crippen LogP contribution in [0.4, 0.5) is 0 Å². The number of rotatable bonds is 7. The van der Waals surface area contributed by atoms with Gasteiger partial charge in [0.25, 0.3) is 0 Å². The zero-order valence-corrected chi connectivity index (χ0v) is 15.4. The van der Waals surface area contributed by atoms with Crippen molar-refractivity contribution < 1.29 is 4.79 Å². The molecule has 1 aliphatic carbocycles. The summed E-state index contributed by atoms with van der Waals surface area (Å²) in [5.41, 5.74) is 1.23. The van der Waals surface area contributed by atoms with Crippen molar-refractivity contribution in [3.05, 3.63) is 34.3 Å². The Morgan fingerprint density at radius 3 is 2.61 bits per heavy atom. The molecule has 0 heterocycles. The normalized spacial score (nSPS) is 14.5. The summed E-state index contributed by atoms with van der Waals surface area (Å²) in [5, 5.41) is 6.23. The number of carbonyl (C=O) groups excluding carboxylic acids is 1. The second-order valence-electron chi connectivity index (χ2n) is 5.78. The number of nitrogens with zero attached hydrogens (tertiary/aromatic N) is 2. The van der Waals surface area contributed by atoms with Crippen molar-refractivity contribution >= 4 is 27.8 Å². The van der Waals surface area contributed by atoms with E-state index in [9.17, 15) is 4.79 Å². The van der Waals surface area contributed by atoms with Gasteiger partial charge in [-0.1, -0.05) is 28.1 Å². The van der Waals surface area contributed by atoms with Gasteiger partial charge in [-0.15, -0.1) is 0 Å². The van der Waals surface area contributed by atoms with Gasteiger partial charge in [0.15, 0.2) is 5.96 Å². The van der Waals surface area contributed by atoms with Crippen molar-refractivity contribution in [1.29, 1.82) is 0 Å². The molecule has 126 valence electrons. The molecular weight excluding hydrogens is 356 g/mol. The minimum absolute atomic E-state index is 0.174. The third-order valence-corrected chi connectivity index (χ3v) is 4.18. The van der Waals surface area contributed by atoms with Gasteiger partial charge in [0, 0.05) is 37.1 Å². The van der Waals surface area contributed by atoms with Gasteiger partial charge in [0.1, 0.15) is 0 Å². The summed E-state index contributed by atoms with van der Waals surface area (Å²) in [6.07, 6.45) is 2.07. The van der Waals surface area contributed by atoms with Crippen LogP contribution in [0, 0.1) is 5.92 Å². The molecule has 0 spiro atoms. The molecule has 5 nitrogen and oxygen atoms in total. The number of benzene rings is 1. The highest BCUT2D eigenvalue weighted by atomic mass is 79.9. The van der Waals surface area contributed by atoms with Crippen molar-refractivity contribution in [2.24, 2.45) is 10.9 Å². The molecule has 0 radical (unpaired) electrons. The molecular formula is C17H25BrN4O. The average molecular weight is 381 g/mol. The summed E-state index contributed by atoms with van der Waals surface area (Å²) in [6.45, 7) is 4.84. The van der Waals surface area contributed by atoms with Gasteiger partial charge in [-0.05, 0) is 37.5 Å². The maximum absolute atomic E-state index is 11.6. The number of hydrogen-bond acceptors (Lipinski definition) is 2. The standard InChI is InChI=1S/C17H25BrN4O/c1-3-19-17(21-11-10-20-16(23)14-6-7-14)22(2)12-13-4-8-15(18)9-5-13/h4-5,8-9,14H,3,6-7,10-12H2,1-2H3,(H,19,21)(H,20,23). The Morgan fingerprint density at radius 1 is 1.30 bits per heavy atom. The van der Waals surface area contributed by atoms with Crippen molar-refractivity contribution in [2.75, 3.05) is 26.7 Å². The van der Waals surface area contributed by atoms with E-state index in [0.717, 1.165) is 36.4 Å². The van der Waals surface area contributed by atoms with Crippen LogP contribution in [-0.2, 0) is 11.3 Å². The number of nitrogens with one attached hydrogen (secondary N) is 2. The molecule has 1 aliphatic rings. The van der Waals surface area contributed by atoms with Crippen LogP contribution in [0.3, 0.4) is 0 Å². The SMILES string of the molecule is CCNC(=NCCNC(=O)C1CC1)N(C)Cc1ccc(Br)cc1. The van der Waals surface area contributed by atoms with Crippen LogP contribution in [0.15, 0.2) is 33.7 Å². The molecule has 2 N–H and O–H groups in total. The number of carbonyl (C=O) groups is 1.